The van der Waals surface area contributed by atoms with Crippen molar-refractivity contribution in [2.24, 2.45) is 0 Å². The van der Waals surface area contributed by atoms with E-state index in [1.54, 1.807) is 33.1 Å². The van der Waals surface area contributed by atoms with Crippen LogP contribution in [0, 0.1) is 6.92 Å². The number of fused-ring (bicyclic) bond motifs is 1. The lowest BCUT2D eigenvalue weighted by Crippen LogP contribution is -2.46. The molecule has 2 atom stereocenters. The van der Waals surface area contributed by atoms with Crippen molar-refractivity contribution in [3.63, 3.8) is 0 Å². The maximum atomic E-state index is 13.8. The maximum absolute atomic E-state index is 13.8. The fourth-order valence-corrected chi connectivity index (χ4v) is 7.59. The molecule has 2 heterocycles. The molecule has 0 radical (unpaired) electrons. The molecule has 2 aromatic carbocycles. The summed E-state index contributed by atoms with van der Waals surface area (Å²) in [7, 11) is -3.26. The number of carbonyl (C=O) groups is 1. The fourth-order valence-electron chi connectivity index (χ4n) is 5.15. The number of cyclic esters (lactones) is 1. The average Bonchev–Trinajstić information content (AvgIpc) is 3.35. The molecule has 1 unspecified atom stereocenters. The SMILES string of the molecule is COc1c(C)c2c(c(OCC[Si](C)(C)C)c1C/C=C(\C)CNCCP(=O)(Oc1ccccc1)O[C@@H](C)C1OC(C)O1)C(=O)OC2. The zero-order valence-electron chi connectivity index (χ0n) is 27.8. The van der Waals surface area contributed by atoms with E-state index in [2.05, 4.69) is 31.0 Å². The Morgan fingerprint density at radius 1 is 1.18 bits per heavy atom. The monoisotopic (exact) mass is 661 g/mol. The molecule has 4 rings (SSSR count). The van der Waals surface area contributed by atoms with Crippen LogP contribution in [0.3, 0.4) is 0 Å². The molecule has 0 aliphatic carbocycles. The lowest BCUT2D eigenvalue weighted by atomic mass is 9.95. The van der Waals surface area contributed by atoms with E-state index in [4.69, 9.17) is 32.7 Å². The molecule has 10 nitrogen and oxygen atoms in total. The Balaban J connectivity index is 1.42. The molecule has 2 aliphatic rings. The minimum atomic E-state index is -3.55. The lowest BCUT2D eigenvalue weighted by molar-refractivity contribution is -0.394. The Hall–Kier alpha value is -2.66. The second-order valence-corrected chi connectivity index (χ2v) is 20.4. The number of hydrogen-bond donors (Lipinski definition) is 1. The number of esters is 1. The second kappa shape index (κ2) is 15.3. The summed E-state index contributed by atoms with van der Waals surface area (Å²) in [6, 6.07) is 9.96. The molecular weight excluding hydrogens is 613 g/mol. The number of benzene rings is 2. The minimum absolute atomic E-state index is 0.150. The summed E-state index contributed by atoms with van der Waals surface area (Å²) in [6.45, 7) is 16.1. The standard InChI is InChI=1S/C33H48NO9PSi/c1-22(20-34-16-18-44(36,43-26-12-10-9-11-13-26)42-24(3)33-40-25(4)41-33)14-15-27-30(37-5)23(2)28-21-39-32(35)29(28)31(27)38-17-19-45(6,7)8/h9-14,24-25,33-34H,15-21H2,1-8H3/b22-14+/t24-,25?,33?,44?/m0/s1. The summed E-state index contributed by atoms with van der Waals surface area (Å²) in [5, 5.41) is 3.36. The van der Waals surface area contributed by atoms with Gasteiger partial charge < -0.3 is 33.5 Å². The number of hydrogen-bond acceptors (Lipinski definition) is 10. The van der Waals surface area contributed by atoms with Crippen LogP contribution in [0.2, 0.25) is 25.7 Å². The Morgan fingerprint density at radius 3 is 2.53 bits per heavy atom. The molecule has 1 saturated heterocycles. The predicted molar refractivity (Wildman–Crippen MR) is 176 cm³/mol. The van der Waals surface area contributed by atoms with Crippen molar-refractivity contribution >= 4 is 21.6 Å². The van der Waals surface area contributed by atoms with Gasteiger partial charge in [-0.2, -0.15) is 0 Å². The van der Waals surface area contributed by atoms with Crippen LogP contribution in [0.1, 0.15) is 47.8 Å². The maximum Gasteiger partial charge on any atom is 0.380 e. The van der Waals surface area contributed by atoms with Gasteiger partial charge in [-0.05, 0) is 57.9 Å². The van der Waals surface area contributed by atoms with Crippen LogP contribution < -0.4 is 19.3 Å². The van der Waals surface area contributed by atoms with E-state index >= 15 is 0 Å². The van der Waals surface area contributed by atoms with Crippen LogP contribution in [0.4, 0.5) is 0 Å². The highest BCUT2D eigenvalue weighted by atomic mass is 31.2. The van der Waals surface area contributed by atoms with Gasteiger partial charge in [0.25, 0.3) is 0 Å². The Kier molecular flexibility index (Phi) is 12.0. The van der Waals surface area contributed by atoms with Gasteiger partial charge in [0.2, 0.25) is 0 Å². The second-order valence-electron chi connectivity index (χ2n) is 12.7. The molecule has 2 aromatic rings. The van der Waals surface area contributed by atoms with Gasteiger partial charge in [0.05, 0.1) is 19.9 Å². The number of nitrogens with one attached hydrogen (secondary N) is 1. The molecule has 1 N–H and O–H groups in total. The lowest BCUT2D eigenvalue weighted by Gasteiger charge is -2.38. The largest absolute Gasteiger partial charge is 0.496 e. The molecular formula is C33H48NO9PSi. The molecule has 0 amide bonds. The highest BCUT2D eigenvalue weighted by molar-refractivity contribution is 7.54. The predicted octanol–water partition coefficient (Wildman–Crippen LogP) is 6.87. The van der Waals surface area contributed by atoms with Crippen LogP contribution in [0.15, 0.2) is 42.0 Å². The Bertz CT molecular complexity index is 1400. The Labute approximate surface area is 268 Å². The van der Waals surface area contributed by atoms with Crippen molar-refractivity contribution in [3.05, 3.63) is 64.2 Å². The van der Waals surface area contributed by atoms with Gasteiger partial charge in [0.15, 0.2) is 12.6 Å². The van der Waals surface area contributed by atoms with Crippen LogP contribution in [0.5, 0.6) is 17.2 Å². The number of methoxy groups -OCH3 is 1. The van der Waals surface area contributed by atoms with Gasteiger partial charge in [-0.15, -0.1) is 0 Å². The third-order valence-electron chi connectivity index (χ3n) is 7.69. The molecule has 45 heavy (non-hydrogen) atoms. The summed E-state index contributed by atoms with van der Waals surface area (Å²) in [6.07, 6.45) is 1.29. The zero-order valence-corrected chi connectivity index (χ0v) is 29.7. The number of allylic oxidation sites excluding steroid dienone is 1. The van der Waals surface area contributed by atoms with Gasteiger partial charge in [0, 0.05) is 32.3 Å². The average molecular weight is 662 g/mol. The summed E-state index contributed by atoms with van der Waals surface area (Å²) in [4.78, 5) is 12.8. The summed E-state index contributed by atoms with van der Waals surface area (Å²) >= 11 is 0. The smallest absolute Gasteiger partial charge is 0.380 e. The van der Waals surface area contributed by atoms with E-state index in [9.17, 15) is 9.36 Å². The van der Waals surface area contributed by atoms with Gasteiger partial charge in [-0.25, -0.2) is 9.36 Å². The molecule has 248 valence electrons. The van der Waals surface area contributed by atoms with Gasteiger partial charge in [0.1, 0.15) is 35.5 Å². The minimum Gasteiger partial charge on any atom is -0.496 e. The van der Waals surface area contributed by atoms with Crippen LogP contribution in [-0.4, -0.2) is 65.7 Å². The number of carbonyl (C=O) groups excluding carboxylic acids is 1. The normalized spacial score (nSPS) is 20.1. The van der Waals surface area contributed by atoms with Crippen LogP contribution in [0.25, 0.3) is 0 Å². The molecule has 0 bridgehead atoms. The zero-order chi connectivity index (χ0) is 32.8. The summed E-state index contributed by atoms with van der Waals surface area (Å²) in [5.74, 6) is 1.39. The molecule has 12 heteroatoms. The number of rotatable bonds is 17. The highest BCUT2D eigenvalue weighted by Crippen LogP contribution is 2.50. The topological polar surface area (TPSA) is 111 Å². The summed E-state index contributed by atoms with van der Waals surface area (Å²) < 4.78 is 54.3. The number of ether oxygens (including phenoxy) is 5. The number of para-hydroxylation sites is 1. The van der Waals surface area contributed by atoms with E-state index in [0.29, 0.717) is 48.9 Å². The van der Waals surface area contributed by atoms with Crippen LogP contribution in [-0.2, 0) is 36.3 Å². The van der Waals surface area contributed by atoms with Crippen molar-refractivity contribution in [1.29, 1.82) is 0 Å². The van der Waals surface area contributed by atoms with Crippen molar-refractivity contribution in [1.82, 2.24) is 5.32 Å². The first-order chi connectivity index (χ1) is 21.3. The van der Waals surface area contributed by atoms with Crippen LogP contribution >= 0.6 is 7.60 Å². The van der Waals surface area contributed by atoms with E-state index in [1.807, 2.05) is 32.0 Å². The molecule has 0 saturated carbocycles. The fraction of sp³-hybridized carbons (Fsp3) is 0.545. The molecule has 2 aliphatic heterocycles. The third-order valence-corrected chi connectivity index (χ3v) is 11.3. The summed E-state index contributed by atoms with van der Waals surface area (Å²) in [5.41, 5.74) is 4.13. The first-order valence-electron chi connectivity index (χ1n) is 15.5. The van der Waals surface area contributed by atoms with E-state index in [-0.39, 0.29) is 25.0 Å². The van der Waals surface area contributed by atoms with E-state index < -0.39 is 28.1 Å². The van der Waals surface area contributed by atoms with E-state index in [0.717, 1.165) is 28.3 Å². The molecule has 0 aromatic heterocycles. The molecule has 0 spiro atoms. The first kappa shape index (κ1) is 35.2. The van der Waals surface area contributed by atoms with Crippen molar-refractivity contribution in [3.8, 4) is 17.2 Å². The third kappa shape index (κ3) is 9.44. The Morgan fingerprint density at radius 2 is 1.89 bits per heavy atom. The molecule has 1 fully saturated rings. The van der Waals surface area contributed by atoms with Gasteiger partial charge >= 0.3 is 13.6 Å². The highest BCUT2D eigenvalue weighted by Gasteiger charge is 2.38. The quantitative estimate of drug-likeness (QED) is 0.0634. The van der Waals surface area contributed by atoms with Crippen molar-refractivity contribution < 1.29 is 42.1 Å². The van der Waals surface area contributed by atoms with Crippen molar-refractivity contribution in [2.75, 3.05) is 33.0 Å². The van der Waals surface area contributed by atoms with Gasteiger partial charge in [-0.3, -0.25) is 4.52 Å². The van der Waals surface area contributed by atoms with Crippen molar-refractivity contribution in [2.45, 2.75) is 85.1 Å². The van der Waals surface area contributed by atoms with Gasteiger partial charge in [-0.1, -0.05) is 49.5 Å². The van der Waals surface area contributed by atoms with E-state index in [1.165, 1.54) is 0 Å². The first-order valence-corrected chi connectivity index (χ1v) is 21.0.